The number of hydrogen-bond donors (Lipinski definition) is 0. The zero-order valence-corrected chi connectivity index (χ0v) is 9.25. The summed E-state index contributed by atoms with van der Waals surface area (Å²) in [4.78, 5) is 0.639. The van der Waals surface area contributed by atoms with Crippen LogP contribution in [0.5, 0.6) is 5.75 Å². The van der Waals surface area contributed by atoms with Crippen LogP contribution in [0, 0.1) is 5.21 Å². The highest BCUT2D eigenvalue weighted by Gasteiger charge is 2.11. The number of benzene rings is 2. The molecular weight excluding hydrogens is 216 g/mol. The number of nitrogens with zero attached hydrogens (tertiary/aromatic N) is 2. The maximum Gasteiger partial charge on any atom is 0.256 e. The molecule has 0 atom stereocenters. The summed E-state index contributed by atoms with van der Waals surface area (Å²) in [5.41, 5.74) is 1.21. The molecule has 1 heterocycles. The second-order valence-corrected chi connectivity index (χ2v) is 3.77. The minimum atomic E-state index is 0.517. The van der Waals surface area contributed by atoms with Crippen LogP contribution in [0.25, 0.3) is 21.8 Å². The summed E-state index contributed by atoms with van der Waals surface area (Å²) in [7, 11) is 1.57. The van der Waals surface area contributed by atoms with E-state index in [0.717, 1.165) is 10.8 Å². The molecule has 2 aromatic carbocycles. The van der Waals surface area contributed by atoms with E-state index in [4.69, 9.17) is 4.74 Å². The fraction of sp³-hybridized carbons (Fsp3) is 0.0769. The van der Waals surface area contributed by atoms with E-state index in [9.17, 15) is 5.21 Å². The summed E-state index contributed by atoms with van der Waals surface area (Å²) >= 11 is 0. The van der Waals surface area contributed by atoms with E-state index in [1.54, 1.807) is 13.2 Å². The van der Waals surface area contributed by atoms with Gasteiger partial charge >= 0.3 is 0 Å². The molecule has 0 radical (unpaired) electrons. The number of methoxy groups -OCH3 is 1. The van der Waals surface area contributed by atoms with Crippen LogP contribution in [0.2, 0.25) is 0 Å². The first-order valence-electron chi connectivity index (χ1n) is 5.26. The van der Waals surface area contributed by atoms with Crippen molar-refractivity contribution in [2.75, 3.05) is 7.11 Å². The van der Waals surface area contributed by atoms with Gasteiger partial charge in [-0.25, -0.2) is 0 Å². The molecule has 0 amide bonds. The van der Waals surface area contributed by atoms with Gasteiger partial charge in [-0.1, -0.05) is 18.2 Å². The lowest BCUT2D eigenvalue weighted by molar-refractivity contribution is -0.639. The van der Waals surface area contributed by atoms with Gasteiger partial charge in [-0.15, -0.1) is 0 Å². The predicted molar refractivity (Wildman–Crippen MR) is 64.8 cm³/mol. The Hall–Kier alpha value is -2.36. The zero-order valence-electron chi connectivity index (χ0n) is 9.25. The molecule has 4 heteroatoms. The van der Waals surface area contributed by atoms with Gasteiger partial charge < -0.3 is 9.94 Å². The number of ether oxygens (including phenoxy) is 1. The van der Waals surface area contributed by atoms with Crippen LogP contribution in [0.15, 0.2) is 42.5 Å². The van der Waals surface area contributed by atoms with Crippen molar-refractivity contribution in [3.8, 4) is 5.75 Å². The molecule has 0 aliphatic heterocycles. The smallest absolute Gasteiger partial charge is 0.256 e. The summed E-state index contributed by atoms with van der Waals surface area (Å²) in [6.07, 6.45) is 0. The highest BCUT2D eigenvalue weighted by Crippen LogP contribution is 2.23. The van der Waals surface area contributed by atoms with E-state index >= 15 is 0 Å². The standard InChI is InChI=1S/C13H10N2O2/c1-17-9-6-7-11-10-4-2-3-5-12(10)14-15(16)13(11)8-9/h2-8H,1H3. The first-order chi connectivity index (χ1) is 8.29. The van der Waals surface area contributed by atoms with Gasteiger partial charge in [0.2, 0.25) is 0 Å². The lowest BCUT2D eigenvalue weighted by Crippen LogP contribution is -2.31. The molecular formula is C13H10N2O2. The molecule has 0 unspecified atom stereocenters. The topological polar surface area (TPSA) is 49.1 Å². The van der Waals surface area contributed by atoms with Crippen molar-refractivity contribution >= 4 is 21.8 Å². The minimum Gasteiger partial charge on any atom is -0.594 e. The van der Waals surface area contributed by atoms with Crippen molar-refractivity contribution < 1.29 is 9.58 Å². The zero-order chi connectivity index (χ0) is 11.8. The van der Waals surface area contributed by atoms with Crippen LogP contribution in [-0.4, -0.2) is 12.2 Å². The maximum atomic E-state index is 11.8. The number of aromatic nitrogens is 2. The highest BCUT2D eigenvalue weighted by molar-refractivity contribution is 6.02. The van der Waals surface area contributed by atoms with Crippen molar-refractivity contribution in [2.24, 2.45) is 0 Å². The molecule has 0 bridgehead atoms. The monoisotopic (exact) mass is 226 g/mol. The van der Waals surface area contributed by atoms with Gasteiger partial charge in [0.15, 0.2) is 0 Å². The molecule has 0 aliphatic rings. The number of rotatable bonds is 1. The fourth-order valence-electron chi connectivity index (χ4n) is 1.96. The third-order valence-electron chi connectivity index (χ3n) is 2.80. The van der Waals surface area contributed by atoms with Crippen LogP contribution < -0.4 is 9.58 Å². The molecule has 17 heavy (non-hydrogen) atoms. The molecule has 1 aromatic heterocycles. The first-order valence-corrected chi connectivity index (χ1v) is 5.26. The average Bonchev–Trinajstić information content (AvgIpc) is 2.38. The Morgan fingerprint density at radius 2 is 1.94 bits per heavy atom. The fourth-order valence-corrected chi connectivity index (χ4v) is 1.96. The van der Waals surface area contributed by atoms with Crippen molar-refractivity contribution in [3.63, 3.8) is 0 Å². The van der Waals surface area contributed by atoms with Gasteiger partial charge in [0.05, 0.1) is 18.6 Å². The summed E-state index contributed by atoms with van der Waals surface area (Å²) in [6, 6.07) is 13.0. The van der Waals surface area contributed by atoms with Crippen molar-refractivity contribution in [3.05, 3.63) is 47.7 Å². The molecule has 0 N–H and O–H groups in total. The van der Waals surface area contributed by atoms with Crippen LogP contribution in [-0.2, 0) is 0 Å². The van der Waals surface area contributed by atoms with Gasteiger partial charge in [-0.2, -0.15) is 0 Å². The van der Waals surface area contributed by atoms with Crippen LogP contribution >= 0.6 is 0 Å². The van der Waals surface area contributed by atoms with Gasteiger partial charge in [-0.3, -0.25) is 0 Å². The second-order valence-electron chi connectivity index (χ2n) is 3.77. The molecule has 0 aliphatic carbocycles. The Kier molecular flexibility index (Phi) is 2.08. The lowest BCUT2D eigenvalue weighted by atomic mass is 10.1. The summed E-state index contributed by atoms with van der Waals surface area (Å²) in [5, 5.41) is 17.6. The van der Waals surface area contributed by atoms with Crippen molar-refractivity contribution in [2.45, 2.75) is 0 Å². The maximum absolute atomic E-state index is 11.8. The molecule has 0 spiro atoms. The largest absolute Gasteiger partial charge is 0.594 e. The summed E-state index contributed by atoms with van der Waals surface area (Å²) < 4.78 is 5.11. The normalized spacial score (nSPS) is 10.9. The highest BCUT2D eigenvalue weighted by atomic mass is 16.5. The van der Waals surface area contributed by atoms with Gasteiger partial charge in [0.25, 0.3) is 5.52 Å². The molecule has 0 fully saturated rings. The molecule has 3 aromatic rings. The first kappa shape index (κ1) is 9.84. The van der Waals surface area contributed by atoms with E-state index < -0.39 is 0 Å². The van der Waals surface area contributed by atoms with Crippen molar-refractivity contribution in [1.82, 2.24) is 5.10 Å². The van der Waals surface area contributed by atoms with Crippen LogP contribution in [0.4, 0.5) is 0 Å². The van der Waals surface area contributed by atoms with Crippen LogP contribution in [0.3, 0.4) is 0 Å². The number of hydrogen-bond acceptors (Lipinski definition) is 3. The van der Waals surface area contributed by atoms with Gasteiger partial charge in [0.1, 0.15) is 11.3 Å². The van der Waals surface area contributed by atoms with E-state index in [0.29, 0.717) is 21.6 Å². The molecule has 0 saturated heterocycles. The SMILES string of the molecule is COc1ccc2c3ccccc3n[n+]([O-])c2c1. The Morgan fingerprint density at radius 1 is 1.12 bits per heavy atom. The lowest BCUT2D eigenvalue weighted by Gasteiger charge is -2.04. The van der Waals surface area contributed by atoms with E-state index in [1.165, 1.54) is 0 Å². The quantitative estimate of drug-likeness (QED) is 0.362. The summed E-state index contributed by atoms with van der Waals surface area (Å²) in [5.74, 6) is 0.652. The molecule has 0 saturated carbocycles. The molecule has 4 nitrogen and oxygen atoms in total. The van der Waals surface area contributed by atoms with Crippen molar-refractivity contribution in [1.29, 1.82) is 0 Å². The average molecular weight is 226 g/mol. The predicted octanol–water partition coefficient (Wildman–Crippen LogP) is 2.03. The molecule has 3 rings (SSSR count). The minimum absolute atomic E-state index is 0.517. The van der Waals surface area contributed by atoms with E-state index in [-0.39, 0.29) is 0 Å². The Labute approximate surface area is 97.6 Å². The van der Waals surface area contributed by atoms with Crippen LogP contribution in [0.1, 0.15) is 0 Å². The van der Waals surface area contributed by atoms with E-state index in [2.05, 4.69) is 5.10 Å². The third kappa shape index (κ3) is 1.45. The van der Waals surface area contributed by atoms with Gasteiger partial charge in [0, 0.05) is 10.5 Å². The Bertz CT molecular complexity index is 710. The Morgan fingerprint density at radius 3 is 2.76 bits per heavy atom. The third-order valence-corrected chi connectivity index (χ3v) is 2.80. The van der Waals surface area contributed by atoms with Gasteiger partial charge in [-0.05, 0) is 23.0 Å². The molecule has 84 valence electrons. The van der Waals surface area contributed by atoms with E-state index in [1.807, 2.05) is 36.4 Å². The summed E-state index contributed by atoms with van der Waals surface area (Å²) in [6.45, 7) is 0. The number of fused-ring (bicyclic) bond motifs is 3. The Balaban J connectivity index is 2.49. The second kappa shape index (κ2) is 3.59.